The Kier molecular flexibility index (Phi) is 3.88. The summed E-state index contributed by atoms with van der Waals surface area (Å²) in [5, 5.41) is 1.75. The van der Waals surface area contributed by atoms with E-state index < -0.39 is 10.0 Å². The highest BCUT2D eigenvalue weighted by atomic mass is 32.2. The average molecular weight is 349 g/mol. The fourth-order valence-corrected chi connectivity index (χ4v) is 6.25. The second-order valence-electron chi connectivity index (χ2n) is 5.99. The maximum Gasteiger partial charge on any atom is 0.243 e. The number of ether oxygens (including phenoxy) is 1. The second-order valence-corrected chi connectivity index (χ2v) is 9.34. The van der Waals surface area contributed by atoms with Crippen molar-refractivity contribution in [1.29, 1.82) is 0 Å². The van der Waals surface area contributed by atoms with Crippen LogP contribution in [0.4, 0.5) is 0 Å². The summed E-state index contributed by atoms with van der Waals surface area (Å²) in [4.78, 5) is 0.261. The van der Waals surface area contributed by atoms with E-state index in [0.29, 0.717) is 18.0 Å². The molecular weight excluding hydrogens is 330 g/mol. The number of nitrogens with zero attached hydrogens (tertiary/aromatic N) is 1. The van der Waals surface area contributed by atoms with Gasteiger partial charge in [-0.25, -0.2) is 8.42 Å². The van der Waals surface area contributed by atoms with Crippen molar-refractivity contribution < 1.29 is 13.2 Å². The molecule has 0 saturated carbocycles. The standard InChI is InChI=1S/C17H19NO3S2/c19-23(20,16-7-3-5-14-4-1-2-6-15(14)16)18-10-8-17(9-11-18)21-12-13-22-17/h1-7H,8-13H2. The van der Waals surface area contributed by atoms with Crippen molar-refractivity contribution in [3.8, 4) is 0 Å². The summed E-state index contributed by atoms with van der Waals surface area (Å²) in [6, 6.07) is 13.1. The average Bonchev–Trinajstić information content (AvgIpc) is 3.03. The molecule has 2 aromatic carbocycles. The van der Waals surface area contributed by atoms with Gasteiger partial charge in [0.15, 0.2) is 0 Å². The minimum atomic E-state index is -3.47. The fourth-order valence-electron chi connectivity index (χ4n) is 3.41. The third-order valence-corrected chi connectivity index (χ3v) is 8.05. The minimum absolute atomic E-state index is 0.148. The molecule has 4 rings (SSSR count). The van der Waals surface area contributed by atoms with Crippen LogP contribution in [0, 0.1) is 0 Å². The normalized spacial score (nSPS) is 21.9. The lowest BCUT2D eigenvalue weighted by Crippen LogP contribution is -2.45. The Bertz CT molecular complexity index is 813. The van der Waals surface area contributed by atoms with Gasteiger partial charge in [0.25, 0.3) is 0 Å². The summed E-state index contributed by atoms with van der Waals surface area (Å²) in [5.74, 6) is 1.01. The van der Waals surface area contributed by atoms with Gasteiger partial charge in [0.1, 0.15) is 4.93 Å². The molecule has 2 saturated heterocycles. The predicted molar refractivity (Wildman–Crippen MR) is 93.1 cm³/mol. The van der Waals surface area contributed by atoms with E-state index in [-0.39, 0.29) is 4.93 Å². The van der Waals surface area contributed by atoms with Crippen LogP contribution in [0.25, 0.3) is 10.8 Å². The molecule has 0 atom stereocenters. The molecule has 2 aromatic rings. The summed E-state index contributed by atoms with van der Waals surface area (Å²) in [7, 11) is -3.47. The monoisotopic (exact) mass is 349 g/mol. The first-order chi connectivity index (χ1) is 11.1. The van der Waals surface area contributed by atoms with Crippen LogP contribution in [0.15, 0.2) is 47.4 Å². The lowest BCUT2D eigenvalue weighted by Gasteiger charge is -2.37. The zero-order chi connectivity index (χ0) is 15.9. The van der Waals surface area contributed by atoms with Gasteiger partial charge in [-0.05, 0) is 24.3 Å². The molecule has 0 N–H and O–H groups in total. The Balaban J connectivity index is 1.65. The molecule has 2 aliphatic rings. The first kappa shape index (κ1) is 15.4. The van der Waals surface area contributed by atoms with Gasteiger partial charge in [0.2, 0.25) is 10.0 Å². The molecule has 2 aliphatic heterocycles. The lowest BCUT2D eigenvalue weighted by molar-refractivity contribution is 0.0162. The lowest BCUT2D eigenvalue weighted by atomic mass is 10.1. The number of hydrogen-bond acceptors (Lipinski definition) is 4. The molecule has 23 heavy (non-hydrogen) atoms. The molecule has 0 bridgehead atoms. The van der Waals surface area contributed by atoms with E-state index in [9.17, 15) is 8.42 Å². The van der Waals surface area contributed by atoms with Crippen molar-refractivity contribution in [1.82, 2.24) is 4.31 Å². The van der Waals surface area contributed by atoms with Crippen molar-refractivity contribution in [2.24, 2.45) is 0 Å². The summed E-state index contributed by atoms with van der Waals surface area (Å²) >= 11 is 1.83. The largest absolute Gasteiger partial charge is 0.363 e. The molecule has 122 valence electrons. The first-order valence-corrected chi connectivity index (χ1v) is 10.3. The summed E-state index contributed by atoms with van der Waals surface area (Å²) in [6.07, 6.45) is 1.53. The maximum atomic E-state index is 13.1. The van der Waals surface area contributed by atoms with Crippen molar-refractivity contribution >= 4 is 32.6 Å². The molecule has 0 aliphatic carbocycles. The topological polar surface area (TPSA) is 46.6 Å². The van der Waals surface area contributed by atoms with Crippen LogP contribution >= 0.6 is 11.8 Å². The highest BCUT2D eigenvalue weighted by molar-refractivity contribution is 8.00. The minimum Gasteiger partial charge on any atom is -0.363 e. The van der Waals surface area contributed by atoms with Crippen molar-refractivity contribution in [2.45, 2.75) is 22.7 Å². The highest BCUT2D eigenvalue weighted by Crippen LogP contribution is 2.42. The highest BCUT2D eigenvalue weighted by Gasteiger charge is 2.42. The predicted octanol–water partition coefficient (Wildman–Crippen LogP) is 3.08. The number of benzene rings is 2. The molecular formula is C17H19NO3S2. The van der Waals surface area contributed by atoms with Crippen molar-refractivity contribution in [3.63, 3.8) is 0 Å². The molecule has 0 amide bonds. The van der Waals surface area contributed by atoms with E-state index in [1.165, 1.54) is 0 Å². The molecule has 2 heterocycles. The van der Waals surface area contributed by atoms with E-state index in [0.717, 1.165) is 36.0 Å². The van der Waals surface area contributed by atoms with Gasteiger partial charge < -0.3 is 4.74 Å². The Morgan fingerprint density at radius 2 is 1.78 bits per heavy atom. The van der Waals surface area contributed by atoms with Gasteiger partial charge in [-0.3, -0.25) is 0 Å². The molecule has 0 radical (unpaired) electrons. The van der Waals surface area contributed by atoms with Crippen LogP contribution in [0.5, 0.6) is 0 Å². The third kappa shape index (κ3) is 2.67. The SMILES string of the molecule is O=S(=O)(c1cccc2ccccc12)N1CCC2(CC1)OCCS2. The first-order valence-electron chi connectivity index (χ1n) is 7.87. The van der Waals surface area contributed by atoms with Crippen LogP contribution in [0.3, 0.4) is 0 Å². The van der Waals surface area contributed by atoms with Gasteiger partial charge in [0.05, 0.1) is 11.5 Å². The number of piperidine rings is 1. The van der Waals surface area contributed by atoms with E-state index in [1.807, 2.05) is 48.2 Å². The van der Waals surface area contributed by atoms with Crippen molar-refractivity contribution in [2.75, 3.05) is 25.4 Å². The summed E-state index contributed by atoms with van der Waals surface area (Å²) in [6.45, 7) is 1.83. The molecule has 1 spiro atoms. The number of sulfonamides is 1. The molecule has 0 aromatic heterocycles. The van der Waals surface area contributed by atoms with Crippen LogP contribution < -0.4 is 0 Å². The number of thioether (sulfide) groups is 1. The van der Waals surface area contributed by atoms with Gasteiger partial charge in [0, 0.05) is 24.2 Å². The molecule has 2 fully saturated rings. The Morgan fingerprint density at radius 3 is 2.52 bits per heavy atom. The fraction of sp³-hybridized carbons (Fsp3) is 0.412. The van der Waals surface area contributed by atoms with Crippen LogP contribution in [-0.2, 0) is 14.8 Å². The van der Waals surface area contributed by atoms with Crippen LogP contribution in [-0.4, -0.2) is 43.1 Å². The Hall–Kier alpha value is -1.08. The third-order valence-electron chi connectivity index (χ3n) is 4.67. The molecule has 6 heteroatoms. The number of fused-ring (bicyclic) bond motifs is 1. The Labute approximate surface area is 140 Å². The summed E-state index contributed by atoms with van der Waals surface area (Å²) in [5.41, 5.74) is 0. The quantitative estimate of drug-likeness (QED) is 0.836. The van der Waals surface area contributed by atoms with Gasteiger partial charge >= 0.3 is 0 Å². The zero-order valence-corrected chi connectivity index (χ0v) is 14.4. The Morgan fingerprint density at radius 1 is 1.04 bits per heavy atom. The second kappa shape index (κ2) is 5.77. The van der Waals surface area contributed by atoms with E-state index in [2.05, 4.69) is 0 Å². The number of hydrogen-bond donors (Lipinski definition) is 0. The molecule has 0 unspecified atom stereocenters. The zero-order valence-electron chi connectivity index (χ0n) is 12.8. The van der Waals surface area contributed by atoms with Gasteiger partial charge in [-0.1, -0.05) is 36.4 Å². The molecule has 4 nitrogen and oxygen atoms in total. The van der Waals surface area contributed by atoms with E-state index in [1.54, 1.807) is 10.4 Å². The van der Waals surface area contributed by atoms with Crippen LogP contribution in [0.2, 0.25) is 0 Å². The van der Waals surface area contributed by atoms with Gasteiger partial charge in [-0.15, -0.1) is 11.8 Å². The van der Waals surface area contributed by atoms with E-state index in [4.69, 9.17) is 4.74 Å². The maximum absolute atomic E-state index is 13.1. The number of rotatable bonds is 2. The summed E-state index contributed by atoms with van der Waals surface area (Å²) < 4.78 is 33.6. The van der Waals surface area contributed by atoms with Crippen molar-refractivity contribution in [3.05, 3.63) is 42.5 Å². The van der Waals surface area contributed by atoms with E-state index >= 15 is 0 Å². The smallest absolute Gasteiger partial charge is 0.243 e. The van der Waals surface area contributed by atoms with Crippen LogP contribution in [0.1, 0.15) is 12.8 Å². The van der Waals surface area contributed by atoms with Gasteiger partial charge in [-0.2, -0.15) is 4.31 Å².